The quantitative estimate of drug-likeness (QED) is 0.575. The summed E-state index contributed by atoms with van der Waals surface area (Å²) in [6.07, 6.45) is 10.4. The highest BCUT2D eigenvalue weighted by atomic mass is 32.2. The number of rotatable bonds is 4. The number of ether oxygens (including phenoxy) is 1. The topological polar surface area (TPSA) is 43.4 Å². The summed E-state index contributed by atoms with van der Waals surface area (Å²) in [5.74, 6) is 0.374. The van der Waals surface area contributed by atoms with Gasteiger partial charge in [0.2, 0.25) is 0 Å². The van der Waals surface area contributed by atoms with Crippen molar-refractivity contribution < 1.29 is 13.2 Å². The van der Waals surface area contributed by atoms with Crippen LogP contribution in [0.4, 0.5) is 0 Å². The fraction of sp³-hybridized carbons (Fsp3) is 0.846. The number of allylic oxidation sites excluding steroid dienone is 1. The van der Waals surface area contributed by atoms with Crippen LogP contribution in [0.15, 0.2) is 11.8 Å². The minimum atomic E-state index is -2.79. The predicted molar refractivity (Wildman–Crippen MR) is 68.5 cm³/mol. The van der Waals surface area contributed by atoms with Crippen LogP contribution in [-0.2, 0) is 14.6 Å². The molecule has 17 heavy (non-hydrogen) atoms. The third kappa shape index (κ3) is 3.73. The molecule has 0 aromatic carbocycles. The van der Waals surface area contributed by atoms with Gasteiger partial charge >= 0.3 is 0 Å². The zero-order valence-corrected chi connectivity index (χ0v) is 11.2. The molecule has 1 aliphatic carbocycles. The van der Waals surface area contributed by atoms with E-state index in [9.17, 15) is 8.42 Å². The average Bonchev–Trinajstić information content (AvgIpc) is 2.66. The Balaban J connectivity index is 1.69. The molecule has 1 saturated heterocycles. The normalized spacial score (nSPS) is 28.0. The van der Waals surface area contributed by atoms with E-state index in [0.29, 0.717) is 18.8 Å². The molecule has 3 nitrogen and oxygen atoms in total. The fourth-order valence-electron chi connectivity index (χ4n) is 2.68. The van der Waals surface area contributed by atoms with Gasteiger partial charge in [-0.1, -0.05) is 6.42 Å². The van der Waals surface area contributed by atoms with Gasteiger partial charge in [-0.2, -0.15) is 0 Å². The molecule has 0 bridgehead atoms. The summed E-state index contributed by atoms with van der Waals surface area (Å²) in [7, 11) is -2.79. The Morgan fingerprint density at radius 2 is 1.94 bits per heavy atom. The molecule has 2 aliphatic rings. The molecule has 1 aliphatic heterocycles. The summed E-state index contributed by atoms with van der Waals surface area (Å²) in [4.78, 5) is 0. The van der Waals surface area contributed by atoms with E-state index in [1.54, 1.807) is 0 Å². The minimum absolute atomic E-state index is 0.146. The number of sulfone groups is 1. The maximum atomic E-state index is 11.6. The second kappa shape index (κ2) is 5.89. The van der Waals surface area contributed by atoms with E-state index in [1.165, 1.54) is 24.8 Å². The SMILES string of the molecule is O=S1(=O)CCCC1CCOC=C1CCCCC1. The van der Waals surface area contributed by atoms with Crippen molar-refractivity contribution in [2.45, 2.75) is 56.6 Å². The maximum Gasteiger partial charge on any atom is 0.153 e. The number of hydrogen-bond donors (Lipinski definition) is 0. The van der Waals surface area contributed by atoms with E-state index in [0.717, 1.165) is 25.7 Å². The molecule has 98 valence electrons. The van der Waals surface area contributed by atoms with Crippen LogP contribution in [0.1, 0.15) is 51.4 Å². The standard InChI is InChI=1S/C13H22O3S/c14-17(15)10-4-7-13(17)8-9-16-11-12-5-2-1-3-6-12/h11,13H,1-10H2. The summed E-state index contributed by atoms with van der Waals surface area (Å²) in [5, 5.41) is -0.146. The second-order valence-electron chi connectivity index (χ2n) is 5.13. The van der Waals surface area contributed by atoms with Gasteiger partial charge in [-0.15, -0.1) is 0 Å². The Hall–Kier alpha value is -0.510. The summed E-state index contributed by atoms with van der Waals surface area (Å²) >= 11 is 0. The lowest BCUT2D eigenvalue weighted by Gasteiger charge is -2.14. The zero-order chi connectivity index (χ0) is 12.1. The first-order chi connectivity index (χ1) is 8.18. The first-order valence-electron chi connectivity index (χ1n) is 6.69. The van der Waals surface area contributed by atoms with Crippen molar-refractivity contribution in [3.8, 4) is 0 Å². The summed E-state index contributed by atoms with van der Waals surface area (Å²) in [5.41, 5.74) is 1.39. The molecule has 0 amide bonds. The zero-order valence-electron chi connectivity index (χ0n) is 10.4. The van der Waals surface area contributed by atoms with Crippen LogP contribution in [0, 0.1) is 0 Å². The van der Waals surface area contributed by atoms with E-state index in [-0.39, 0.29) is 5.25 Å². The second-order valence-corrected chi connectivity index (χ2v) is 7.53. The van der Waals surface area contributed by atoms with Crippen LogP contribution in [-0.4, -0.2) is 26.0 Å². The molecular weight excluding hydrogens is 236 g/mol. The van der Waals surface area contributed by atoms with Crippen LogP contribution in [0.2, 0.25) is 0 Å². The molecule has 4 heteroatoms. The van der Waals surface area contributed by atoms with Crippen LogP contribution < -0.4 is 0 Å². The highest BCUT2D eigenvalue weighted by Gasteiger charge is 2.30. The van der Waals surface area contributed by atoms with Gasteiger partial charge in [0.15, 0.2) is 9.84 Å². The Kier molecular flexibility index (Phi) is 4.48. The van der Waals surface area contributed by atoms with Crippen molar-refractivity contribution in [3.63, 3.8) is 0 Å². The molecule has 0 spiro atoms. The Morgan fingerprint density at radius 1 is 1.18 bits per heavy atom. The summed E-state index contributed by atoms with van der Waals surface area (Å²) in [6, 6.07) is 0. The molecule has 0 aromatic rings. The first-order valence-corrected chi connectivity index (χ1v) is 8.41. The largest absolute Gasteiger partial charge is 0.501 e. The van der Waals surface area contributed by atoms with Gasteiger partial charge in [-0.05, 0) is 50.5 Å². The lowest BCUT2D eigenvalue weighted by atomic mass is 9.96. The maximum absolute atomic E-state index is 11.6. The number of hydrogen-bond acceptors (Lipinski definition) is 3. The predicted octanol–water partition coefficient (Wildman–Crippen LogP) is 2.82. The average molecular weight is 258 g/mol. The third-order valence-corrected chi connectivity index (χ3v) is 6.11. The summed E-state index contributed by atoms with van der Waals surface area (Å²) < 4.78 is 28.7. The molecule has 1 heterocycles. The van der Waals surface area contributed by atoms with E-state index in [2.05, 4.69) is 0 Å². The van der Waals surface area contributed by atoms with Crippen LogP contribution in [0.25, 0.3) is 0 Å². The van der Waals surface area contributed by atoms with E-state index in [4.69, 9.17) is 4.74 Å². The van der Waals surface area contributed by atoms with Crippen LogP contribution >= 0.6 is 0 Å². The molecule has 0 N–H and O–H groups in total. The van der Waals surface area contributed by atoms with Crippen molar-refractivity contribution in [2.24, 2.45) is 0 Å². The monoisotopic (exact) mass is 258 g/mol. The lowest BCUT2D eigenvalue weighted by Crippen LogP contribution is -2.17. The third-order valence-electron chi connectivity index (χ3n) is 3.77. The van der Waals surface area contributed by atoms with E-state index < -0.39 is 9.84 Å². The summed E-state index contributed by atoms with van der Waals surface area (Å²) in [6.45, 7) is 0.549. The molecule has 2 fully saturated rings. The van der Waals surface area contributed by atoms with E-state index in [1.807, 2.05) is 6.26 Å². The van der Waals surface area contributed by atoms with E-state index >= 15 is 0 Å². The van der Waals surface area contributed by atoms with Crippen LogP contribution in [0.5, 0.6) is 0 Å². The van der Waals surface area contributed by atoms with Gasteiger partial charge in [0.1, 0.15) is 0 Å². The lowest BCUT2D eigenvalue weighted by molar-refractivity contribution is 0.236. The Labute approximate surface area is 104 Å². The molecule has 0 aromatic heterocycles. The molecular formula is C13H22O3S. The molecule has 2 rings (SSSR count). The first kappa shape index (κ1) is 12.9. The van der Waals surface area contributed by atoms with Crippen molar-refractivity contribution in [3.05, 3.63) is 11.8 Å². The minimum Gasteiger partial charge on any atom is -0.501 e. The van der Waals surface area contributed by atoms with Crippen molar-refractivity contribution in [1.82, 2.24) is 0 Å². The van der Waals surface area contributed by atoms with Crippen molar-refractivity contribution in [2.75, 3.05) is 12.4 Å². The fourth-order valence-corrected chi connectivity index (χ4v) is 4.57. The van der Waals surface area contributed by atoms with Gasteiger partial charge in [-0.25, -0.2) is 8.42 Å². The molecule has 1 saturated carbocycles. The van der Waals surface area contributed by atoms with Crippen LogP contribution in [0.3, 0.4) is 0 Å². The highest BCUT2D eigenvalue weighted by molar-refractivity contribution is 7.92. The van der Waals surface area contributed by atoms with Gasteiger partial charge in [0.25, 0.3) is 0 Å². The Bertz CT molecular complexity index is 362. The van der Waals surface area contributed by atoms with Gasteiger partial charge in [0.05, 0.1) is 23.9 Å². The highest BCUT2D eigenvalue weighted by Crippen LogP contribution is 2.24. The molecule has 1 atom stereocenters. The van der Waals surface area contributed by atoms with Gasteiger partial charge in [-0.3, -0.25) is 0 Å². The molecule has 0 radical (unpaired) electrons. The van der Waals surface area contributed by atoms with Gasteiger partial charge < -0.3 is 4.74 Å². The smallest absolute Gasteiger partial charge is 0.153 e. The van der Waals surface area contributed by atoms with Gasteiger partial charge in [0, 0.05) is 0 Å². The van der Waals surface area contributed by atoms with Crippen molar-refractivity contribution in [1.29, 1.82) is 0 Å². The van der Waals surface area contributed by atoms with Crippen molar-refractivity contribution >= 4 is 9.84 Å². The Morgan fingerprint density at radius 3 is 2.59 bits per heavy atom. The molecule has 1 unspecified atom stereocenters.